The normalized spacial score (nSPS) is 46.8. The van der Waals surface area contributed by atoms with Crippen LogP contribution in [0.4, 0.5) is 0 Å². The summed E-state index contributed by atoms with van der Waals surface area (Å²) in [5.74, 6) is 0.399. The number of carboxylic acids is 1. The minimum absolute atomic E-state index is 0.0216. The zero-order valence-electron chi connectivity index (χ0n) is 26.8. The van der Waals surface area contributed by atoms with Crippen LogP contribution in [-0.2, 0) is 23.9 Å². The third kappa shape index (κ3) is 4.04. The average molecular weight is 571 g/mol. The molecule has 0 bridgehead atoms. The number of allylic oxidation sites excluding steroid dienone is 1. The maximum absolute atomic E-state index is 13.0. The van der Waals surface area contributed by atoms with Crippen molar-refractivity contribution in [2.24, 2.45) is 56.7 Å². The highest BCUT2D eigenvalue weighted by Gasteiger charge is 2.86. The van der Waals surface area contributed by atoms with Gasteiger partial charge in [0.05, 0.1) is 0 Å². The van der Waals surface area contributed by atoms with E-state index >= 15 is 0 Å². The molecule has 11 atom stereocenters. The van der Waals surface area contributed by atoms with E-state index in [4.69, 9.17) is 9.47 Å². The van der Waals surface area contributed by atoms with Crippen molar-refractivity contribution in [3.8, 4) is 0 Å². The molecule has 5 rings (SSSR count). The molecule has 0 amide bonds. The van der Waals surface area contributed by atoms with Gasteiger partial charge in [-0.2, -0.15) is 0 Å². The van der Waals surface area contributed by atoms with Gasteiger partial charge in [-0.05, 0) is 111 Å². The smallest absolute Gasteiger partial charge is 0.313 e. The minimum atomic E-state index is -1.20. The molecule has 41 heavy (non-hydrogen) atoms. The Balaban J connectivity index is 1.49. The Bertz CT molecular complexity index is 1130. The van der Waals surface area contributed by atoms with Crippen LogP contribution in [0.15, 0.2) is 12.2 Å². The fourth-order valence-corrected chi connectivity index (χ4v) is 11.9. The lowest BCUT2D eigenvalue weighted by Crippen LogP contribution is -2.64. The quantitative estimate of drug-likeness (QED) is 0.239. The second kappa shape index (κ2) is 9.84. The van der Waals surface area contributed by atoms with Gasteiger partial charge in [-0.25, -0.2) is 0 Å². The first-order valence-electron chi connectivity index (χ1n) is 16.3. The van der Waals surface area contributed by atoms with Crippen molar-refractivity contribution in [1.82, 2.24) is 0 Å². The highest BCUT2D eigenvalue weighted by Crippen LogP contribution is 2.89. The maximum Gasteiger partial charge on any atom is 0.313 e. The summed E-state index contributed by atoms with van der Waals surface area (Å²) < 4.78 is 11.8. The summed E-state index contributed by atoms with van der Waals surface area (Å²) in [6, 6.07) is 0. The Labute approximate surface area is 247 Å². The molecule has 2 spiro atoms. The molecular formula is C35H54O6. The first-order chi connectivity index (χ1) is 19.0. The lowest BCUT2D eigenvalue weighted by atomic mass is 9.41. The summed E-state index contributed by atoms with van der Waals surface area (Å²) in [4.78, 5) is 37.6. The molecule has 1 N–H and O–H groups in total. The fourth-order valence-electron chi connectivity index (χ4n) is 11.9. The highest BCUT2D eigenvalue weighted by molar-refractivity contribution is 5.77. The van der Waals surface area contributed by atoms with E-state index in [0.717, 1.165) is 38.5 Å². The molecule has 0 aliphatic heterocycles. The topological polar surface area (TPSA) is 89.9 Å². The van der Waals surface area contributed by atoms with Crippen LogP contribution >= 0.6 is 0 Å². The first-order valence-corrected chi connectivity index (χ1v) is 16.3. The number of carbonyl (C=O) groups is 3. The van der Waals surface area contributed by atoms with Gasteiger partial charge in [-0.3, -0.25) is 14.4 Å². The van der Waals surface area contributed by atoms with Gasteiger partial charge in [0.25, 0.3) is 0 Å². The molecule has 6 heteroatoms. The van der Waals surface area contributed by atoms with Gasteiger partial charge < -0.3 is 14.6 Å². The third-order valence-electron chi connectivity index (χ3n) is 14.3. The van der Waals surface area contributed by atoms with Crippen molar-refractivity contribution in [2.45, 2.75) is 132 Å². The van der Waals surface area contributed by atoms with Crippen molar-refractivity contribution in [3.63, 3.8) is 0 Å². The molecule has 0 heterocycles. The summed E-state index contributed by atoms with van der Waals surface area (Å²) in [6.07, 6.45) is 8.66. The first kappa shape index (κ1) is 30.6. The van der Waals surface area contributed by atoms with Crippen molar-refractivity contribution in [1.29, 1.82) is 0 Å². The average Bonchev–Trinajstić information content (AvgIpc) is 3.48. The molecule has 5 fully saturated rings. The molecule has 230 valence electrons. The van der Waals surface area contributed by atoms with Crippen molar-refractivity contribution < 1.29 is 29.0 Å². The summed E-state index contributed by atoms with van der Waals surface area (Å²) in [7, 11) is 0. The van der Waals surface area contributed by atoms with Gasteiger partial charge in [0.2, 0.25) is 0 Å². The van der Waals surface area contributed by atoms with E-state index < -0.39 is 29.6 Å². The van der Waals surface area contributed by atoms with E-state index in [1.165, 1.54) is 38.7 Å². The van der Waals surface area contributed by atoms with Crippen LogP contribution in [0, 0.1) is 56.7 Å². The summed E-state index contributed by atoms with van der Waals surface area (Å²) >= 11 is 0. The predicted octanol–water partition coefficient (Wildman–Crippen LogP) is 7.59. The Kier molecular flexibility index (Phi) is 7.34. The zero-order chi connectivity index (χ0) is 30.3. The van der Waals surface area contributed by atoms with Gasteiger partial charge in [0.1, 0.15) is 17.6 Å². The lowest BCUT2D eigenvalue weighted by molar-refractivity contribution is -0.223. The summed E-state index contributed by atoms with van der Waals surface area (Å²) in [5, 5.41) is 10.7. The largest absolute Gasteiger partial charge is 0.481 e. The van der Waals surface area contributed by atoms with Gasteiger partial charge in [-0.15, -0.1) is 0 Å². The number of ether oxygens (including phenoxy) is 2. The SMILES string of the molecule is C=C(CC[C@@H](C)[C@H]1CC[C@@]2(C)[C@@H]3CC[C@H]4[C@](C)(C(=O)O)[C@@H](OC(C)=O)C[C@H](OC(C)=O)[C@@]45C[C@@]35CC[C@]12C)C(C)C. The monoisotopic (exact) mass is 570 g/mol. The van der Waals surface area contributed by atoms with E-state index in [0.29, 0.717) is 23.7 Å². The molecule has 0 radical (unpaired) electrons. The second-order valence-corrected chi connectivity index (χ2v) is 15.9. The van der Waals surface area contributed by atoms with Crippen LogP contribution in [0.5, 0.6) is 0 Å². The van der Waals surface area contributed by atoms with Crippen LogP contribution in [0.2, 0.25) is 0 Å². The number of carbonyl (C=O) groups excluding carboxylic acids is 2. The highest BCUT2D eigenvalue weighted by atomic mass is 16.6. The van der Waals surface area contributed by atoms with E-state index in [9.17, 15) is 19.5 Å². The zero-order valence-corrected chi connectivity index (χ0v) is 26.8. The van der Waals surface area contributed by atoms with Crippen LogP contribution in [0.25, 0.3) is 0 Å². The predicted molar refractivity (Wildman–Crippen MR) is 158 cm³/mol. The Morgan fingerprint density at radius 2 is 1.49 bits per heavy atom. The second-order valence-electron chi connectivity index (χ2n) is 15.9. The third-order valence-corrected chi connectivity index (χ3v) is 14.3. The standard InChI is InChI=1S/C35H54O6/c1-20(2)21(3)10-11-22(4)25-14-15-32(8)26-12-13-27-33(9,30(38)39)28(40-23(5)36)18-29(41-24(6)37)35(27)19-34(26,35)17-16-31(25,32)7/h20,22,25-29H,3,10-19H2,1-2,4-9H3,(H,38,39)/t22-,25-,26+,27+,28+,29+,31-,32+,33+,34+,35-/m1/s1. The number of carboxylic acid groups (broad SMARTS) is 1. The van der Waals surface area contributed by atoms with E-state index in [1.807, 2.05) is 0 Å². The molecule has 0 unspecified atom stereocenters. The van der Waals surface area contributed by atoms with E-state index in [2.05, 4.69) is 41.2 Å². The van der Waals surface area contributed by atoms with Gasteiger partial charge >= 0.3 is 17.9 Å². The van der Waals surface area contributed by atoms with Crippen LogP contribution in [0.3, 0.4) is 0 Å². The molecule has 5 aliphatic rings. The lowest BCUT2D eigenvalue weighted by Gasteiger charge is -2.64. The van der Waals surface area contributed by atoms with Crippen molar-refractivity contribution >= 4 is 17.9 Å². The minimum Gasteiger partial charge on any atom is -0.481 e. The Morgan fingerprint density at radius 3 is 2.07 bits per heavy atom. The number of rotatable bonds is 8. The van der Waals surface area contributed by atoms with E-state index in [1.54, 1.807) is 6.92 Å². The van der Waals surface area contributed by atoms with E-state index in [-0.39, 0.29) is 40.0 Å². The summed E-state index contributed by atoms with van der Waals surface area (Å²) in [6.45, 7) is 21.0. The number of fused-ring (bicyclic) bond motifs is 2. The molecule has 0 aromatic rings. The molecule has 0 saturated heterocycles. The molecule has 5 saturated carbocycles. The van der Waals surface area contributed by atoms with Crippen LogP contribution < -0.4 is 0 Å². The number of esters is 2. The van der Waals surface area contributed by atoms with Crippen LogP contribution in [-0.4, -0.2) is 35.2 Å². The fraction of sp³-hybridized carbons (Fsp3) is 0.857. The summed E-state index contributed by atoms with van der Waals surface area (Å²) in [5.41, 5.74) is 0.164. The van der Waals surface area contributed by atoms with Gasteiger partial charge in [0.15, 0.2) is 0 Å². The molecule has 6 nitrogen and oxygen atoms in total. The Morgan fingerprint density at radius 1 is 0.878 bits per heavy atom. The maximum atomic E-state index is 13.0. The molecule has 0 aromatic heterocycles. The van der Waals surface area contributed by atoms with Crippen LogP contribution in [0.1, 0.15) is 120 Å². The van der Waals surface area contributed by atoms with Gasteiger partial charge in [0, 0.05) is 25.7 Å². The molecule has 5 aliphatic carbocycles. The van der Waals surface area contributed by atoms with Crippen molar-refractivity contribution in [3.05, 3.63) is 12.2 Å². The molecular weight excluding hydrogens is 516 g/mol. The Hall–Kier alpha value is -1.85. The number of hydrogen-bond donors (Lipinski definition) is 1. The van der Waals surface area contributed by atoms with Crippen molar-refractivity contribution in [2.75, 3.05) is 0 Å². The molecule has 0 aromatic carbocycles. The van der Waals surface area contributed by atoms with Gasteiger partial charge in [-0.1, -0.05) is 46.8 Å². The number of aliphatic carboxylic acids is 1. The number of hydrogen-bond acceptors (Lipinski definition) is 5.